The van der Waals surface area contributed by atoms with Gasteiger partial charge in [-0.25, -0.2) is 0 Å². The number of aromatic nitrogens is 1. The Balaban J connectivity index is 1.65. The monoisotopic (exact) mass is 549 g/mol. The van der Waals surface area contributed by atoms with Crippen molar-refractivity contribution in [2.24, 2.45) is 0 Å². The molecular weight excluding hydrogens is 516 g/mol. The average molecular weight is 550 g/mol. The van der Waals surface area contributed by atoms with Crippen molar-refractivity contribution in [2.45, 2.75) is 39.0 Å². The van der Waals surface area contributed by atoms with Gasteiger partial charge < -0.3 is 20.2 Å². The smallest absolute Gasteiger partial charge is 0.128 e. The topological polar surface area (TPSA) is 75.4 Å². The van der Waals surface area contributed by atoms with Gasteiger partial charge in [-0.05, 0) is 73.6 Å². The number of nitrogens with one attached hydrogen (secondary N) is 1. The molecule has 0 fully saturated rings. The van der Waals surface area contributed by atoms with Gasteiger partial charge in [0.2, 0.25) is 0 Å². The van der Waals surface area contributed by atoms with Crippen molar-refractivity contribution in [3.8, 4) is 22.3 Å². The summed E-state index contributed by atoms with van der Waals surface area (Å²) in [6, 6.07) is 35.2. The molecule has 0 spiro atoms. The lowest BCUT2D eigenvalue weighted by atomic mass is 9.78. The average Bonchev–Trinajstić information content (AvgIpc) is 3.55. The Morgan fingerprint density at radius 3 is 1.76 bits per heavy atom. The highest BCUT2D eigenvalue weighted by atomic mass is 16.5. The molecule has 5 aromatic carbocycles. The molecule has 1 aromatic heterocycles. The molecule has 5 heteroatoms. The molecule has 0 bridgehead atoms. The molecule has 0 unspecified atom stereocenters. The quantitative estimate of drug-likeness (QED) is 0.152. The second-order valence-electron chi connectivity index (χ2n) is 10.9. The number of amidine groups is 1. The predicted octanol–water partition coefficient (Wildman–Crippen LogP) is 9.82. The first-order chi connectivity index (χ1) is 20.5. The minimum atomic E-state index is -0.245. The molecule has 6 rings (SSSR count). The van der Waals surface area contributed by atoms with Gasteiger partial charge in [0, 0.05) is 11.9 Å². The maximum absolute atomic E-state index is 12.0. The van der Waals surface area contributed by atoms with Crippen molar-refractivity contribution in [1.29, 1.82) is 5.41 Å². The summed E-state index contributed by atoms with van der Waals surface area (Å²) in [5.41, 5.74) is 5.44. The fraction of sp³-hybridized carbons (Fsp3) is 0.162. The van der Waals surface area contributed by atoms with Crippen LogP contribution in [0.1, 0.15) is 44.9 Å². The Kier molecular flexibility index (Phi) is 7.17. The van der Waals surface area contributed by atoms with Crippen LogP contribution >= 0.6 is 0 Å². The first-order valence-electron chi connectivity index (χ1n) is 14.4. The Labute approximate surface area is 246 Å². The van der Waals surface area contributed by atoms with Crippen molar-refractivity contribution in [3.63, 3.8) is 0 Å². The molecule has 0 aliphatic carbocycles. The van der Waals surface area contributed by atoms with Gasteiger partial charge in [0.25, 0.3) is 0 Å². The van der Waals surface area contributed by atoms with Crippen LogP contribution in [0.15, 0.2) is 114 Å². The van der Waals surface area contributed by atoms with Crippen LogP contribution in [0.25, 0.3) is 49.2 Å². The zero-order valence-electron chi connectivity index (χ0n) is 24.1. The highest BCUT2D eigenvalue weighted by Gasteiger charge is 2.29. The fourth-order valence-electron chi connectivity index (χ4n) is 5.96. The van der Waals surface area contributed by atoms with Crippen LogP contribution in [-0.4, -0.2) is 17.3 Å². The molecule has 0 aliphatic heterocycles. The lowest BCUT2D eigenvalue weighted by Crippen LogP contribution is -2.33. The maximum atomic E-state index is 12.0. The number of anilines is 1. The van der Waals surface area contributed by atoms with Crippen LogP contribution in [0.2, 0.25) is 0 Å². The number of rotatable bonds is 8. The van der Waals surface area contributed by atoms with Crippen molar-refractivity contribution in [3.05, 3.63) is 126 Å². The molecule has 0 radical (unpaired) electrons. The van der Waals surface area contributed by atoms with Crippen LogP contribution in [-0.2, 0) is 5.41 Å². The van der Waals surface area contributed by atoms with E-state index < -0.39 is 0 Å². The van der Waals surface area contributed by atoms with E-state index in [9.17, 15) is 5.41 Å². The van der Waals surface area contributed by atoms with E-state index >= 15 is 0 Å². The zero-order chi connectivity index (χ0) is 29.3. The van der Waals surface area contributed by atoms with Crippen LogP contribution in [0.4, 0.5) is 5.69 Å². The van der Waals surface area contributed by atoms with E-state index in [-0.39, 0.29) is 11.3 Å². The molecule has 0 amide bonds. The van der Waals surface area contributed by atoms with E-state index in [0.717, 1.165) is 62.2 Å². The third-order valence-electron chi connectivity index (χ3n) is 8.79. The second-order valence-corrected chi connectivity index (χ2v) is 10.9. The van der Waals surface area contributed by atoms with Crippen molar-refractivity contribution in [1.82, 2.24) is 5.16 Å². The summed E-state index contributed by atoms with van der Waals surface area (Å²) in [5.74, 6) is -0.143. The van der Waals surface area contributed by atoms with Gasteiger partial charge in [-0.15, -0.1) is 0 Å². The van der Waals surface area contributed by atoms with Crippen molar-refractivity contribution in [2.75, 3.05) is 4.90 Å². The van der Waals surface area contributed by atoms with E-state index in [1.807, 2.05) is 42.5 Å². The summed E-state index contributed by atoms with van der Waals surface area (Å²) in [6.45, 7) is 6.40. The minimum absolute atomic E-state index is 0.143. The van der Waals surface area contributed by atoms with Crippen LogP contribution in [0, 0.1) is 5.41 Å². The normalized spacial score (nSPS) is 11.6. The van der Waals surface area contributed by atoms with Gasteiger partial charge in [0.15, 0.2) is 0 Å². The van der Waals surface area contributed by atoms with Gasteiger partial charge in [0.1, 0.15) is 12.0 Å². The fourth-order valence-corrected chi connectivity index (χ4v) is 5.96. The standard InChI is InChI=1S/C37H33N4O/c1-4-37(3,5-2)33-23-42-40-34(33)36(39)41(24-38)35-31(29-19-10-15-25-13-6-8-17-27(25)29)21-12-22-32(35)30-20-11-16-26-14-7-9-18-28(26)30/h6-24,38H,4-5H2,1-3H3/q-1. The third-order valence-corrected chi connectivity index (χ3v) is 8.79. The summed E-state index contributed by atoms with van der Waals surface area (Å²) >= 11 is 0. The number of nitrogens with zero attached hydrogens (tertiary/aromatic N) is 3. The molecule has 0 atom stereocenters. The number of benzene rings is 5. The van der Waals surface area contributed by atoms with Crippen LogP contribution in [0.5, 0.6) is 0 Å². The van der Waals surface area contributed by atoms with Gasteiger partial charge >= 0.3 is 0 Å². The lowest BCUT2D eigenvalue weighted by Gasteiger charge is -2.36. The Morgan fingerprint density at radius 2 is 1.24 bits per heavy atom. The predicted molar refractivity (Wildman–Crippen MR) is 175 cm³/mol. The van der Waals surface area contributed by atoms with Crippen molar-refractivity contribution >= 4 is 39.4 Å². The van der Waals surface area contributed by atoms with E-state index in [1.165, 1.54) is 6.34 Å². The Bertz CT molecular complexity index is 1820. The molecular formula is C37H33N4O-. The second kappa shape index (κ2) is 11.1. The molecule has 5 nitrogen and oxygen atoms in total. The Morgan fingerprint density at radius 1 is 0.762 bits per heavy atom. The molecule has 0 saturated carbocycles. The van der Waals surface area contributed by atoms with E-state index in [2.05, 4.69) is 86.6 Å². The zero-order valence-corrected chi connectivity index (χ0v) is 24.1. The SMILES string of the molecule is CCC(C)(CC)c1conc1C(=[N-])N(C=N)c1c(-c2cccc3ccccc23)cccc1-c1cccc2ccccc12. The van der Waals surface area contributed by atoms with Gasteiger partial charge in [0.05, 0.1) is 0 Å². The summed E-state index contributed by atoms with van der Waals surface area (Å²) < 4.78 is 5.46. The van der Waals surface area contributed by atoms with E-state index in [0.29, 0.717) is 11.4 Å². The third kappa shape index (κ3) is 4.47. The summed E-state index contributed by atoms with van der Waals surface area (Å²) in [7, 11) is 0. The highest BCUT2D eigenvalue weighted by Crippen LogP contribution is 2.44. The van der Waals surface area contributed by atoms with Crippen LogP contribution < -0.4 is 4.90 Å². The number of hydrogen-bond acceptors (Lipinski definition) is 3. The molecule has 208 valence electrons. The number of hydrogen-bond donors (Lipinski definition) is 1. The van der Waals surface area contributed by atoms with Gasteiger partial charge in [-0.3, -0.25) is 0 Å². The highest BCUT2D eigenvalue weighted by molar-refractivity contribution is 6.24. The molecule has 0 aliphatic rings. The summed E-state index contributed by atoms with van der Waals surface area (Å²) in [6.07, 6.45) is 4.50. The van der Waals surface area contributed by atoms with Crippen LogP contribution in [0.3, 0.4) is 0 Å². The summed E-state index contributed by atoms with van der Waals surface area (Å²) in [4.78, 5) is 1.54. The number of para-hydroxylation sites is 1. The molecule has 0 saturated heterocycles. The maximum Gasteiger partial charge on any atom is 0.128 e. The van der Waals surface area contributed by atoms with Crippen molar-refractivity contribution < 1.29 is 4.52 Å². The largest absolute Gasteiger partial charge is 0.463 e. The summed E-state index contributed by atoms with van der Waals surface area (Å²) in [5, 5.41) is 29.3. The number of fused-ring (bicyclic) bond motifs is 2. The van der Waals surface area contributed by atoms with Gasteiger partial charge in [-0.2, -0.15) is 0 Å². The van der Waals surface area contributed by atoms with Gasteiger partial charge in [-0.1, -0.05) is 129 Å². The molecule has 6 aromatic rings. The van der Waals surface area contributed by atoms with E-state index in [4.69, 9.17) is 9.93 Å². The lowest BCUT2D eigenvalue weighted by molar-refractivity contribution is 0.404. The molecule has 42 heavy (non-hydrogen) atoms. The Hall–Kier alpha value is -5.03. The first-order valence-corrected chi connectivity index (χ1v) is 14.4. The van der Waals surface area contributed by atoms with E-state index in [1.54, 1.807) is 11.2 Å². The first kappa shape index (κ1) is 27.2. The minimum Gasteiger partial charge on any atom is -0.463 e. The molecule has 1 N–H and O–H groups in total. The molecule has 1 heterocycles.